The third-order valence-electron chi connectivity index (χ3n) is 23.1. The van der Waals surface area contributed by atoms with Gasteiger partial charge in [-0.2, -0.15) is 26.3 Å². The molecule has 18 nitrogen and oxygen atoms in total. The number of terminal acetylenes is 1. The van der Waals surface area contributed by atoms with Crippen LogP contribution in [0.5, 0.6) is 0 Å². The van der Waals surface area contributed by atoms with Gasteiger partial charge in [0.1, 0.15) is 6.61 Å². The highest BCUT2D eigenvalue weighted by Crippen LogP contribution is 2.42. The largest absolute Gasteiger partial charge is 0.461 e. The summed E-state index contributed by atoms with van der Waals surface area (Å²) in [7, 11) is 4.39. The predicted molar refractivity (Wildman–Crippen MR) is 619 cm³/mol. The molecule has 9 rings (SSSR count). The van der Waals surface area contributed by atoms with Crippen molar-refractivity contribution in [2.24, 2.45) is 100 Å². The van der Waals surface area contributed by atoms with E-state index < -0.39 is 30.1 Å². The molecule has 0 aromatic carbocycles. The smallest absolute Gasteiger partial charge is 0.391 e. The van der Waals surface area contributed by atoms with Crippen molar-refractivity contribution in [3.8, 4) is 24.2 Å². The fraction of sp³-hybridized carbons (Fsp3) is 0.909. The molecule has 9 fully saturated rings. The van der Waals surface area contributed by atoms with Crippen LogP contribution >= 0.6 is 0 Å². The van der Waals surface area contributed by atoms with Gasteiger partial charge in [-0.3, -0.25) is 4.79 Å². The Morgan fingerprint density at radius 1 is 0.571 bits per heavy atom. The quantitative estimate of drug-likeness (QED) is 0.0131. The number of carbonyl (C=O) groups is 1. The molecule has 6 aliphatic carbocycles. The van der Waals surface area contributed by atoms with Crippen LogP contribution in [0.1, 0.15) is 441 Å². The van der Waals surface area contributed by atoms with E-state index in [4.69, 9.17) is 66.0 Å². The maximum atomic E-state index is 11.8. The number of rotatable bonds is 26. The third kappa shape index (κ3) is 170. The van der Waals surface area contributed by atoms with Gasteiger partial charge >= 0.3 is 18.3 Å². The van der Waals surface area contributed by atoms with E-state index in [1.54, 1.807) is 13.0 Å². The van der Waals surface area contributed by atoms with Crippen molar-refractivity contribution >= 4 is 5.97 Å². The second kappa shape index (κ2) is 126. The first-order chi connectivity index (χ1) is 68.8. The van der Waals surface area contributed by atoms with Gasteiger partial charge < -0.3 is 85.7 Å². The second-order valence-corrected chi connectivity index (χ2v) is 42.5. The Bertz CT molecular complexity index is 2550. The van der Waals surface area contributed by atoms with Crippen LogP contribution in [0.25, 0.3) is 0 Å². The molecular weight excluding hydrogens is 1880 g/mol. The molecule has 892 valence electrons. The Kier molecular flexibility index (Phi) is 147. The molecule has 0 radical (unpaired) electrons. The van der Waals surface area contributed by atoms with Crippen molar-refractivity contribution < 1.29 is 98.6 Å². The molecule has 7 unspecified atom stereocenters. The molecule has 9 aliphatic rings. The fourth-order valence-corrected chi connectivity index (χ4v) is 12.5. The van der Waals surface area contributed by atoms with Crippen molar-refractivity contribution in [3.05, 3.63) is 37.0 Å². The topological polar surface area (TPSA) is 267 Å². The lowest BCUT2D eigenvalue weighted by Crippen LogP contribution is -2.33. The summed E-state index contributed by atoms with van der Waals surface area (Å²) in [6.45, 7) is 85.1. The van der Waals surface area contributed by atoms with Gasteiger partial charge in [0.15, 0.2) is 0 Å². The van der Waals surface area contributed by atoms with Crippen LogP contribution in [-0.4, -0.2) is 235 Å². The number of esters is 1. The summed E-state index contributed by atoms with van der Waals surface area (Å²) in [4.78, 5) is 15.4. The number of ether oxygens (including phenoxy) is 7. The van der Waals surface area contributed by atoms with E-state index >= 15 is 0 Å². The Morgan fingerprint density at radius 3 is 1.20 bits per heavy atom. The molecule has 0 amide bonds. The van der Waals surface area contributed by atoms with Crippen molar-refractivity contribution in [2.75, 3.05) is 146 Å². The lowest BCUT2D eigenvalue weighted by atomic mass is 9.81. The number of allylic oxidation sites excluding steroid dienone is 2. The van der Waals surface area contributed by atoms with Crippen LogP contribution < -0.4 is 17.2 Å². The lowest BCUT2D eigenvalue weighted by molar-refractivity contribution is -0.165. The monoisotopic (exact) mass is 2130 g/mol. The lowest BCUT2D eigenvalue weighted by Gasteiger charge is -2.31. The van der Waals surface area contributed by atoms with E-state index in [1.165, 1.54) is 148 Å². The Hall–Kier alpha value is -3.39. The van der Waals surface area contributed by atoms with Crippen LogP contribution in [0.15, 0.2) is 37.0 Å². The molecule has 0 aromatic rings. The maximum Gasteiger partial charge on any atom is 0.391 e. The summed E-state index contributed by atoms with van der Waals surface area (Å²) in [5, 5.41) is 42.8. The van der Waals surface area contributed by atoms with Crippen molar-refractivity contribution in [1.29, 1.82) is 0 Å². The number of hydrogen-bond acceptors (Lipinski definition) is 18. The van der Waals surface area contributed by atoms with Gasteiger partial charge in [0.05, 0.1) is 63.5 Å². The first-order valence-electron chi connectivity index (χ1n) is 57.4. The minimum Gasteiger partial charge on any atom is -0.461 e. The predicted octanol–water partition coefficient (Wildman–Crippen LogP) is 30.9. The van der Waals surface area contributed by atoms with Gasteiger partial charge in [0.25, 0.3) is 0 Å². The summed E-state index contributed by atoms with van der Waals surface area (Å²) in [5.74, 6) is 12.8. The zero-order valence-electron chi connectivity index (χ0n) is 102. The number of halogens is 8. The molecular formula is C121H249F8N5O13. The number of likely N-dealkylation sites (tertiary alicyclic amines) is 1. The van der Waals surface area contributed by atoms with Crippen molar-refractivity contribution in [3.63, 3.8) is 0 Å². The fourth-order valence-electron chi connectivity index (χ4n) is 12.5. The zero-order chi connectivity index (χ0) is 117. The van der Waals surface area contributed by atoms with E-state index in [0.717, 1.165) is 191 Å². The van der Waals surface area contributed by atoms with Gasteiger partial charge in [0, 0.05) is 116 Å². The molecule has 0 spiro atoms. The third-order valence-corrected chi connectivity index (χ3v) is 23.1. The number of aliphatic hydroxyl groups is 5. The Balaban J connectivity index is -0.000000117. The molecule has 0 bridgehead atoms. The average molecular weight is 2130 g/mol. The SMILES string of the molecule is C#CC.C=CCOC(=O)CCC.CC(C)C.CC(C)C(F)(F)F.CC(C)C(F)(F)F.CC(C)CO.CC/C=C/CN.CC/C=C\CN.CC1CC(F)(F)C1.CC1CC1C.CC1CCC(C)(O)CC1.CC1CCC(N(C)C)CC1.CC1CCCC1.CC1CCCCC1.CC1CCOC1.CCC#CCN.CCC(C)CO.CCCC(C)O.CCN1CCC(C)C1.CCOC(C)C.CCOCC1CCCO1.CCOCCOCCO. The highest BCUT2D eigenvalue weighted by molar-refractivity contribution is 5.69. The van der Waals surface area contributed by atoms with Crippen molar-refractivity contribution in [2.45, 2.75) is 489 Å². The molecule has 0 aromatic heterocycles. The summed E-state index contributed by atoms with van der Waals surface area (Å²) in [5.41, 5.74) is 15.0. The first kappa shape index (κ1) is 171. The second-order valence-electron chi connectivity index (χ2n) is 42.5. The molecule has 7 atom stereocenters. The molecule has 6 saturated carbocycles. The van der Waals surface area contributed by atoms with Crippen LogP contribution in [0.4, 0.5) is 35.1 Å². The number of hydrogen-bond donors (Lipinski definition) is 8. The van der Waals surface area contributed by atoms with Crippen LogP contribution in [-0.2, 0) is 38.0 Å². The van der Waals surface area contributed by atoms with Crippen LogP contribution in [0, 0.1) is 107 Å². The normalized spacial score (nSPS) is 20.9. The van der Waals surface area contributed by atoms with Crippen LogP contribution in [0.2, 0.25) is 0 Å². The molecule has 11 N–H and O–H groups in total. The molecule has 26 heteroatoms. The van der Waals surface area contributed by atoms with E-state index in [0.29, 0.717) is 89.7 Å². The Morgan fingerprint density at radius 2 is 1.01 bits per heavy atom. The molecule has 147 heavy (non-hydrogen) atoms. The van der Waals surface area contributed by atoms with Gasteiger partial charge in [-0.1, -0.05) is 294 Å². The van der Waals surface area contributed by atoms with Gasteiger partial charge in [-0.15, -0.1) is 18.3 Å². The number of alkyl halides is 8. The van der Waals surface area contributed by atoms with E-state index in [-0.39, 0.29) is 43.0 Å². The zero-order valence-corrected chi connectivity index (χ0v) is 102. The number of nitrogens with two attached hydrogens (primary N) is 3. The minimum atomic E-state index is -4.00. The number of aliphatic hydroxyl groups excluding tert-OH is 4. The van der Waals surface area contributed by atoms with Gasteiger partial charge in [-0.05, 0) is 263 Å². The van der Waals surface area contributed by atoms with Crippen molar-refractivity contribution in [1.82, 2.24) is 9.80 Å². The van der Waals surface area contributed by atoms with E-state index in [1.807, 2.05) is 102 Å². The molecule has 3 heterocycles. The molecule has 3 aliphatic heterocycles. The van der Waals surface area contributed by atoms with E-state index in [9.17, 15) is 45.0 Å². The molecule has 3 saturated heterocycles. The van der Waals surface area contributed by atoms with E-state index in [2.05, 4.69) is 182 Å². The van der Waals surface area contributed by atoms with Crippen LogP contribution in [0.3, 0.4) is 0 Å². The first-order valence-corrected chi connectivity index (χ1v) is 57.4. The summed E-state index contributed by atoms with van der Waals surface area (Å²) < 4.78 is 126. The maximum absolute atomic E-state index is 11.8. The van der Waals surface area contributed by atoms with Gasteiger partial charge in [-0.25, -0.2) is 8.78 Å². The highest BCUT2D eigenvalue weighted by atomic mass is 19.4. The standard InChI is InChI=1S/C9H19N.C8H16O.C7H15N.C7H14O2.C7H12O2.C7H14.C6H14O3.C6H12.C5H8F2.2C5H11N.C5H9N.C5H10O.3C5H12O.C5H10.2C4H7F3.C4H10O.C4H10.C3H4/c1-8-4-6-9(7-5-8)10(2)3;1-7-3-5-8(2,9)6-4-7;1-3-8-5-4-7(2)6-8;1-2-8-6-7-4-3-5-9-7;1-3-5-7(8)9-6-4-2;1-7-5-3-2-4-6-7;1-2-8-5-6-9-4-3-7;1-6-4-2-3-5-6;1-4-2-5(6,7)3-4;3*1-2-3-4-5-6;1-5-2-3-6-4-5;1-4-6-5(2)3;1-3-5(2)4-6;1-3-4-5(2)6;1-4-3-5(4)2;2*1-3(2)4(5,6)7;1-4(2)3-5;1-4(2)3;1-3-2/h8-9H,4-7H2,1-3H3;7,9H,3-6H2,1-2H3;7H,3-6H2,1-2H3;7H,2-6H2,1H3;4H,2-3,5-6H2,1H3;7H,2-6H2,1H3;7H,2-6H2,1H3;6H,2-5H2,1H3;4H,2-3H2,1H3;2*3-4H,2,5-6H2,1H3;2,5-6H2,1H3;5H,2-4H2,1H3;5H,4H2,1-3H3;2*5-6H,3-4H2,1-2H3;4-5H,3H2,1-2H3;2*3H,1-2H3;4-5H,3H2,1-2H3;4H,1-3H3;1H,2H3/b;;;;;;;;;4-3+;4-3-;;;;;;;;;;;. The highest BCUT2D eigenvalue weighted by Gasteiger charge is 2.42. The summed E-state index contributed by atoms with van der Waals surface area (Å²) in [6.07, 6.45) is 44.6. The number of nitrogens with zero attached hydrogens (tertiary/aromatic N) is 2. The minimum absolute atomic E-state index is 0.0894. The average Bonchev–Trinajstić information content (AvgIpc) is 1.59. The summed E-state index contributed by atoms with van der Waals surface area (Å²) >= 11 is 0. The van der Waals surface area contributed by atoms with Gasteiger partial charge in [0.2, 0.25) is 5.92 Å². The summed E-state index contributed by atoms with van der Waals surface area (Å²) in [6, 6.07) is 0.871. The number of carbonyl (C=O) groups excluding carboxylic acids is 1. The Labute approximate surface area is 905 Å².